The van der Waals surface area contributed by atoms with Crippen LogP contribution >= 0.6 is 0 Å². The van der Waals surface area contributed by atoms with Crippen molar-refractivity contribution in [1.29, 1.82) is 0 Å². The molecule has 0 aliphatic heterocycles. The van der Waals surface area contributed by atoms with Crippen LogP contribution in [0.5, 0.6) is 11.5 Å². The third-order valence-corrected chi connectivity index (χ3v) is 2.29. The van der Waals surface area contributed by atoms with Gasteiger partial charge in [-0.25, -0.2) is 4.79 Å². The number of aryl methyl sites for hydroxylation is 1. The number of methoxy groups -OCH3 is 1. The Balaban J connectivity index is 2.91. The van der Waals surface area contributed by atoms with Gasteiger partial charge in [0.2, 0.25) is 0 Å². The molecule has 1 N–H and O–H groups in total. The summed E-state index contributed by atoms with van der Waals surface area (Å²) < 4.78 is 10.4. The average molecular weight is 224 g/mol. The molecular formula is C12H16O4. The molecule has 1 aromatic carbocycles. The first-order valence-corrected chi connectivity index (χ1v) is 5.14. The monoisotopic (exact) mass is 224 g/mol. The summed E-state index contributed by atoms with van der Waals surface area (Å²) in [5, 5.41) is 8.74. The van der Waals surface area contributed by atoms with E-state index in [1.807, 2.05) is 19.1 Å². The number of rotatable bonds is 5. The van der Waals surface area contributed by atoms with E-state index in [1.54, 1.807) is 6.07 Å². The minimum Gasteiger partial charge on any atom is -0.493 e. The zero-order valence-corrected chi connectivity index (χ0v) is 9.69. The standard InChI is InChI=1S/C12H16O4/c1-4-9-5-6-10(11(7-9)15-3)16-8(2)12(13)14/h5-8H,4H2,1-3H3,(H,13,14)/t8-/m1/s1. The van der Waals surface area contributed by atoms with E-state index in [0.29, 0.717) is 11.5 Å². The normalized spacial score (nSPS) is 11.9. The van der Waals surface area contributed by atoms with Crippen LogP contribution in [0.2, 0.25) is 0 Å². The van der Waals surface area contributed by atoms with Crippen LogP contribution in [0.15, 0.2) is 18.2 Å². The maximum atomic E-state index is 10.7. The molecule has 0 aliphatic carbocycles. The van der Waals surface area contributed by atoms with Crippen molar-refractivity contribution in [1.82, 2.24) is 0 Å². The van der Waals surface area contributed by atoms with Crippen molar-refractivity contribution in [2.75, 3.05) is 7.11 Å². The van der Waals surface area contributed by atoms with E-state index in [4.69, 9.17) is 14.6 Å². The fraction of sp³-hybridized carbons (Fsp3) is 0.417. The molecule has 0 amide bonds. The number of aliphatic carboxylic acids is 1. The SMILES string of the molecule is CCc1ccc(O[C@H](C)C(=O)O)c(OC)c1. The molecule has 0 radical (unpaired) electrons. The van der Waals surface area contributed by atoms with E-state index < -0.39 is 12.1 Å². The molecule has 1 aromatic rings. The molecule has 0 unspecified atom stereocenters. The molecule has 0 saturated carbocycles. The minimum absolute atomic E-state index is 0.453. The first kappa shape index (κ1) is 12.4. The maximum absolute atomic E-state index is 10.7. The molecule has 1 rings (SSSR count). The number of benzene rings is 1. The van der Waals surface area contributed by atoms with Gasteiger partial charge in [0.1, 0.15) is 0 Å². The molecule has 0 aromatic heterocycles. The van der Waals surface area contributed by atoms with Crippen LogP contribution in [0.25, 0.3) is 0 Å². The second kappa shape index (κ2) is 5.39. The Morgan fingerprint density at radius 1 is 1.44 bits per heavy atom. The van der Waals surface area contributed by atoms with E-state index in [1.165, 1.54) is 14.0 Å². The summed E-state index contributed by atoms with van der Waals surface area (Å²) in [6.45, 7) is 3.52. The summed E-state index contributed by atoms with van der Waals surface area (Å²) in [4.78, 5) is 10.7. The van der Waals surface area contributed by atoms with Gasteiger partial charge >= 0.3 is 5.97 Å². The molecule has 0 fully saturated rings. The summed E-state index contributed by atoms with van der Waals surface area (Å²) in [6, 6.07) is 5.48. The van der Waals surface area contributed by atoms with Crippen LogP contribution in [-0.4, -0.2) is 24.3 Å². The van der Waals surface area contributed by atoms with Gasteiger partial charge < -0.3 is 14.6 Å². The van der Waals surface area contributed by atoms with Crippen molar-refractivity contribution >= 4 is 5.97 Å². The third kappa shape index (κ3) is 2.89. The summed E-state index contributed by atoms with van der Waals surface area (Å²) in [6.07, 6.45) is 0.00636. The number of carboxylic acid groups (broad SMARTS) is 1. The zero-order valence-electron chi connectivity index (χ0n) is 9.69. The highest BCUT2D eigenvalue weighted by Gasteiger charge is 2.15. The molecule has 0 bridgehead atoms. The molecular weight excluding hydrogens is 208 g/mol. The maximum Gasteiger partial charge on any atom is 0.344 e. The van der Waals surface area contributed by atoms with Crippen LogP contribution in [0, 0.1) is 0 Å². The molecule has 16 heavy (non-hydrogen) atoms. The third-order valence-electron chi connectivity index (χ3n) is 2.29. The smallest absolute Gasteiger partial charge is 0.344 e. The summed E-state index contributed by atoms with van der Waals surface area (Å²) in [5.74, 6) is 0.0173. The van der Waals surface area contributed by atoms with E-state index in [9.17, 15) is 4.79 Å². The van der Waals surface area contributed by atoms with Gasteiger partial charge in [-0.05, 0) is 31.0 Å². The lowest BCUT2D eigenvalue weighted by Gasteiger charge is -2.14. The second-order valence-corrected chi connectivity index (χ2v) is 3.44. The Morgan fingerprint density at radius 3 is 2.62 bits per heavy atom. The highest BCUT2D eigenvalue weighted by atomic mass is 16.5. The van der Waals surface area contributed by atoms with Crippen LogP contribution in [0.3, 0.4) is 0 Å². The van der Waals surface area contributed by atoms with Gasteiger partial charge in [0.15, 0.2) is 17.6 Å². The molecule has 0 heterocycles. The first-order valence-electron chi connectivity index (χ1n) is 5.14. The van der Waals surface area contributed by atoms with E-state index >= 15 is 0 Å². The topological polar surface area (TPSA) is 55.8 Å². The number of ether oxygens (including phenoxy) is 2. The molecule has 0 aliphatic rings. The Bertz CT molecular complexity index is 373. The second-order valence-electron chi connectivity index (χ2n) is 3.44. The van der Waals surface area contributed by atoms with Crippen LogP contribution in [-0.2, 0) is 11.2 Å². The highest BCUT2D eigenvalue weighted by Crippen LogP contribution is 2.29. The lowest BCUT2D eigenvalue weighted by molar-refractivity contribution is -0.144. The van der Waals surface area contributed by atoms with Crippen molar-refractivity contribution < 1.29 is 19.4 Å². The zero-order chi connectivity index (χ0) is 12.1. The van der Waals surface area contributed by atoms with Crippen molar-refractivity contribution in [3.05, 3.63) is 23.8 Å². The fourth-order valence-electron chi connectivity index (χ4n) is 1.27. The Morgan fingerprint density at radius 2 is 2.12 bits per heavy atom. The lowest BCUT2D eigenvalue weighted by atomic mass is 10.1. The summed E-state index contributed by atoms with van der Waals surface area (Å²) >= 11 is 0. The minimum atomic E-state index is -0.998. The van der Waals surface area contributed by atoms with Crippen molar-refractivity contribution in [2.45, 2.75) is 26.4 Å². The van der Waals surface area contributed by atoms with Crippen molar-refractivity contribution in [3.63, 3.8) is 0 Å². The number of hydrogen-bond donors (Lipinski definition) is 1. The molecule has 0 spiro atoms. The van der Waals surface area contributed by atoms with E-state index in [2.05, 4.69) is 0 Å². The van der Waals surface area contributed by atoms with Crippen LogP contribution in [0.1, 0.15) is 19.4 Å². The van der Waals surface area contributed by atoms with E-state index in [0.717, 1.165) is 12.0 Å². The van der Waals surface area contributed by atoms with Gasteiger partial charge in [-0.3, -0.25) is 0 Å². The van der Waals surface area contributed by atoms with Crippen LogP contribution < -0.4 is 9.47 Å². The molecule has 88 valence electrons. The lowest BCUT2D eigenvalue weighted by Crippen LogP contribution is -2.23. The summed E-state index contributed by atoms with van der Waals surface area (Å²) in [5.41, 5.74) is 1.12. The van der Waals surface area contributed by atoms with Gasteiger partial charge in [0, 0.05) is 0 Å². The molecule has 4 heteroatoms. The van der Waals surface area contributed by atoms with Gasteiger partial charge in [0.05, 0.1) is 7.11 Å². The van der Waals surface area contributed by atoms with E-state index in [-0.39, 0.29) is 0 Å². The van der Waals surface area contributed by atoms with Crippen molar-refractivity contribution in [3.8, 4) is 11.5 Å². The molecule has 1 atom stereocenters. The predicted octanol–water partition coefficient (Wildman–Crippen LogP) is 2.11. The fourth-order valence-corrected chi connectivity index (χ4v) is 1.27. The Kier molecular flexibility index (Phi) is 4.17. The number of carboxylic acids is 1. The summed E-state index contributed by atoms with van der Waals surface area (Å²) in [7, 11) is 1.53. The Labute approximate surface area is 94.8 Å². The number of hydrogen-bond acceptors (Lipinski definition) is 3. The highest BCUT2D eigenvalue weighted by molar-refractivity contribution is 5.72. The Hall–Kier alpha value is -1.71. The van der Waals surface area contributed by atoms with Gasteiger partial charge in [-0.2, -0.15) is 0 Å². The first-order chi connectivity index (χ1) is 7.58. The predicted molar refractivity (Wildman–Crippen MR) is 60.1 cm³/mol. The van der Waals surface area contributed by atoms with Gasteiger partial charge in [0.25, 0.3) is 0 Å². The number of carbonyl (C=O) groups is 1. The molecule has 0 saturated heterocycles. The van der Waals surface area contributed by atoms with Crippen molar-refractivity contribution in [2.24, 2.45) is 0 Å². The quantitative estimate of drug-likeness (QED) is 0.832. The van der Waals surface area contributed by atoms with Gasteiger partial charge in [-0.15, -0.1) is 0 Å². The van der Waals surface area contributed by atoms with Crippen LogP contribution in [0.4, 0.5) is 0 Å². The molecule has 4 nitrogen and oxygen atoms in total. The largest absolute Gasteiger partial charge is 0.493 e. The van der Waals surface area contributed by atoms with Gasteiger partial charge in [-0.1, -0.05) is 13.0 Å². The average Bonchev–Trinajstić information content (AvgIpc) is 2.29.